The molecule has 0 spiro atoms. The average Bonchev–Trinajstić information content (AvgIpc) is 1.60. The molecule has 91 heavy (non-hydrogen) atoms. The lowest BCUT2D eigenvalue weighted by Gasteiger charge is -2.52. The van der Waals surface area contributed by atoms with Gasteiger partial charge in [0.05, 0.1) is 42.2 Å². The van der Waals surface area contributed by atoms with Crippen LogP contribution in [-0.2, 0) is 82.0 Å². The van der Waals surface area contributed by atoms with Gasteiger partial charge in [-0.3, -0.25) is 18.2 Å². The van der Waals surface area contributed by atoms with Gasteiger partial charge in [-0.15, -0.1) is 0 Å². The van der Waals surface area contributed by atoms with E-state index in [1.54, 1.807) is 48.5 Å². The van der Waals surface area contributed by atoms with Crippen LogP contribution < -0.4 is 0 Å². The summed E-state index contributed by atoms with van der Waals surface area (Å²) < 4.78 is 197. The normalized spacial score (nSPS) is 21.7. The Labute approximate surface area is 538 Å². The third kappa shape index (κ3) is 12.4. The molecular formula is C68H82O16P2S5+2. The lowest BCUT2D eigenvalue weighted by atomic mass is 9.89. The minimum atomic E-state index is -5.32. The Hall–Kier alpha value is -4.31. The van der Waals surface area contributed by atoms with Crippen LogP contribution in [0.1, 0.15) is 187 Å². The minimum absolute atomic E-state index is 0.252. The molecule has 16 nitrogen and oxygen atoms in total. The summed E-state index contributed by atoms with van der Waals surface area (Å²) in [6.07, 6.45) is 16.9. The fourth-order valence-corrected chi connectivity index (χ4v) is 37.0. The molecule has 0 saturated heterocycles. The molecule has 6 aromatic carbocycles. The molecule has 2 unspecified atom stereocenters. The number of aryl methyl sites for hydroxylation is 2. The predicted molar refractivity (Wildman–Crippen MR) is 356 cm³/mol. The van der Waals surface area contributed by atoms with Crippen LogP contribution in [0.15, 0.2) is 153 Å². The van der Waals surface area contributed by atoms with E-state index in [0.717, 1.165) is 110 Å². The molecule has 6 aliphatic carbocycles. The van der Waals surface area contributed by atoms with Gasteiger partial charge in [-0.1, -0.05) is 119 Å². The maximum Gasteiger partial charge on any atom is 0.465 e. The SMILES string of the molecule is O=S(=O)(O[P+](C1CCCCC1)(C1CCCCC1)C1(CCCc2ccc(S(=O)(=O)O)cc2)c2ccccc2-c2ccc(S(=O)(=O)O)cc21)O[P+](C1CCCCC1)(C1CCCCC1)C1(CCCc2ccc(S(=O)(=O)O)cc2)c2ccccc2-c2ccc(S(=O)(=O)O)cc21. The minimum Gasteiger partial charge on any atom is -0.282 e. The Kier molecular flexibility index (Phi) is 19.1. The number of hydrogen-bond donors (Lipinski definition) is 4. The van der Waals surface area contributed by atoms with E-state index in [4.69, 9.17) is 7.94 Å². The van der Waals surface area contributed by atoms with Gasteiger partial charge >= 0.3 is 10.4 Å². The van der Waals surface area contributed by atoms with Gasteiger partial charge in [0.25, 0.3) is 40.5 Å². The van der Waals surface area contributed by atoms with Crippen molar-refractivity contribution in [3.8, 4) is 22.3 Å². The number of benzene rings is 6. The first-order valence-electron chi connectivity index (χ1n) is 32.3. The molecule has 0 amide bonds. The van der Waals surface area contributed by atoms with Crippen molar-refractivity contribution in [1.29, 1.82) is 0 Å². The second-order valence-electron chi connectivity index (χ2n) is 26.3. The van der Waals surface area contributed by atoms with Crippen LogP contribution in [0.4, 0.5) is 0 Å². The van der Waals surface area contributed by atoms with E-state index in [9.17, 15) is 51.9 Å². The fraction of sp³-hybridized carbons (Fsp3) is 0.471. The average molecular weight is 1380 g/mol. The number of rotatable bonds is 22. The molecule has 23 heteroatoms. The van der Waals surface area contributed by atoms with Crippen molar-refractivity contribution in [3.05, 3.63) is 167 Å². The first kappa shape index (κ1) is 66.7. The molecule has 2 atom stereocenters. The zero-order valence-corrected chi connectivity index (χ0v) is 56.9. The van der Waals surface area contributed by atoms with E-state index in [-0.39, 0.29) is 55.1 Å². The Morgan fingerprint density at radius 2 is 0.615 bits per heavy atom. The van der Waals surface area contributed by atoms with Crippen LogP contribution in [0, 0.1) is 0 Å². The van der Waals surface area contributed by atoms with Gasteiger partial charge in [-0.25, -0.2) is 0 Å². The van der Waals surface area contributed by atoms with E-state index in [1.807, 2.05) is 48.5 Å². The summed E-state index contributed by atoms with van der Waals surface area (Å²) in [6.45, 7) is 0. The highest BCUT2D eigenvalue weighted by molar-refractivity contribution is 7.96. The van der Waals surface area contributed by atoms with Crippen LogP contribution in [0.2, 0.25) is 0 Å². The second-order valence-corrected chi connectivity index (χ2v) is 41.2. The molecule has 6 aromatic rings. The van der Waals surface area contributed by atoms with E-state index < -0.39 is 76.2 Å². The van der Waals surface area contributed by atoms with Gasteiger partial charge in [0.1, 0.15) is 0 Å². The number of fused-ring (bicyclic) bond motifs is 6. The summed E-state index contributed by atoms with van der Waals surface area (Å²) in [4.78, 5) is -1.21. The Morgan fingerprint density at radius 1 is 0.341 bits per heavy atom. The van der Waals surface area contributed by atoms with Crippen molar-refractivity contribution < 1.29 is 68.2 Å². The third-order valence-corrected chi connectivity index (χ3v) is 38.4. The third-order valence-electron chi connectivity index (χ3n) is 21.3. The van der Waals surface area contributed by atoms with E-state index in [0.29, 0.717) is 99.3 Å². The van der Waals surface area contributed by atoms with Gasteiger partial charge in [-0.05, 0) is 223 Å². The molecule has 0 heterocycles. The topological polar surface area (TPSA) is 270 Å². The van der Waals surface area contributed by atoms with Gasteiger partial charge in [0.2, 0.25) is 0 Å². The van der Waals surface area contributed by atoms with Gasteiger partial charge < -0.3 is 0 Å². The summed E-state index contributed by atoms with van der Waals surface area (Å²) >= 11 is 0. The Morgan fingerprint density at radius 3 is 0.912 bits per heavy atom. The van der Waals surface area contributed by atoms with Crippen molar-refractivity contribution >= 4 is 65.9 Å². The van der Waals surface area contributed by atoms with Crippen LogP contribution in [-0.4, -0.2) is 82.9 Å². The van der Waals surface area contributed by atoms with Crippen LogP contribution >= 0.6 is 15.0 Å². The lowest BCUT2D eigenvalue weighted by Crippen LogP contribution is -2.46. The molecule has 4 saturated carbocycles. The van der Waals surface area contributed by atoms with Crippen molar-refractivity contribution in [1.82, 2.24) is 0 Å². The predicted octanol–water partition coefficient (Wildman–Crippen LogP) is 16.3. The van der Waals surface area contributed by atoms with Crippen LogP contribution in [0.3, 0.4) is 0 Å². The molecule has 488 valence electrons. The highest BCUT2D eigenvalue weighted by atomic mass is 32.3. The van der Waals surface area contributed by atoms with Crippen LogP contribution in [0.5, 0.6) is 0 Å². The first-order valence-corrected chi connectivity index (χ1v) is 43.1. The molecule has 4 fully saturated rings. The van der Waals surface area contributed by atoms with Crippen molar-refractivity contribution in [3.63, 3.8) is 0 Å². The highest BCUT2D eigenvalue weighted by Crippen LogP contribution is 2.92. The van der Waals surface area contributed by atoms with Crippen molar-refractivity contribution in [2.45, 2.75) is 219 Å². The summed E-state index contributed by atoms with van der Waals surface area (Å²) in [5, 5.41) is -2.71. The Bertz CT molecular complexity index is 3970. The smallest absolute Gasteiger partial charge is 0.282 e. The molecule has 0 aliphatic heterocycles. The summed E-state index contributed by atoms with van der Waals surface area (Å²) in [5.41, 5.74) is 5.80. The summed E-state index contributed by atoms with van der Waals surface area (Å²) in [6, 6.07) is 37.1. The molecule has 4 N–H and O–H groups in total. The molecule has 0 aromatic heterocycles. The quantitative estimate of drug-likeness (QED) is 0.0363. The van der Waals surface area contributed by atoms with Gasteiger partial charge in [0, 0.05) is 22.3 Å². The van der Waals surface area contributed by atoms with Gasteiger partial charge in [0.15, 0.2) is 25.3 Å². The van der Waals surface area contributed by atoms with E-state index in [1.165, 1.54) is 36.4 Å². The first-order chi connectivity index (χ1) is 43.3. The molecule has 6 aliphatic rings. The number of hydrogen-bond acceptors (Lipinski definition) is 12. The van der Waals surface area contributed by atoms with E-state index >= 15 is 8.42 Å². The molecule has 12 rings (SSSR count). The standard InChI is InChI=1S/C68H80O16P2S5/c69-87(70,71)55-37-33-49(34-38-55)19-17-45-67(63-31-15-13-29-59(63)61-43-41-57(47-65(61)67)89(75,76)77)85(51-21-5-1-6-22-51,52-23-7-2-8-24-52)83-91(81,82)84-86(53-25-9-3-10-26-53,54-27-11-4-12-28-54)68(46-18-20-50-35-39-56(40-36-50)88(72,73)74)64-32-16-14-30-60(64)62-44-42-58(48-66(62)68)90(78,79)80/h13-16,29-44,47-48,51-54H,1-12,17-28,45-46H2,(H2-2,69,70,71,72,73,74,75,76,77,78,79,80)/p+2. The lowest BCUT2D eigenvalue weighted by molar-refractivity contribution is 0.347. The van der Waals surface area contributed by atoms with Gasteiger partial charge in [-0.2, -0.15) is 42.1 Å². The maximum atomic E-state index is 17.7. The monoisotopic (exact) mass is 1380 g/mol. The largest absolute Gasteiger partial charge is 0.465 e. The second kappa shape index (κ2) is 26.0. The van der Waals surface area contributed by atoms with Crippen molar-refractivity contribution in [2.24, 2.45) is 0 Å². The summed E-state index contributed by atoms with van der Waals surface area (Å²) in [5.74, 6) is 0. The Balaban J connectivity index is 1.13. The highest BCUT2D eigenvalue weighted by Gasteiger charge is 2.78. The zero-order chi connectivity index (χ0) is 64.2. The van der Waals surface area contributed by atoms with E-state index in [2.05, 4.69) is 0 Å². The molecular weight excluding hydrogens is 1300 g/mol. The maximum absolute atomic E-state index is 17.7. The molecule has 0 bridgehead atoms. The van der Waals surface area contributed by atoms with Crippen LogP contribution in [0.25, 0.3) is 22.3 Å². The fourth-order valence-electron chi connectivity index (χ4n) is 17.8. The molecule has 0 radical (unpaired) electrons. The zero-order valence-electron chi connectivity index (χ0n) is 51.0. The summed E-state index contributed by atoms with van der Waals surface area (Å²) in [7, 11) is -31.8. The van der Waals surface area contributed by atoms with Crippen molar-refractivity contribution in [2.75, 3.05) is 0 Å².